The monoisotopic (exact) mass is 382 g/mol. The number of nitrogens with zero attached hydrogens (tertiary/aromatic N) is 1. The Kier molecular flexibility index (Phi) is 6.96. The van der Waals surface area contributed by atoms with Crippen molar-refractivity contribution in [3.8, 4) is 11.1 Å². The lowest BCUT2D eigenvalue weighted by atomic mass is 10.0. The molecule has 0 spiro atoms. The van der Waals surface area contributed by atoms with E-state index in [-0.39, 0.29) is 12.0 Å². The van der Waals surface area contributed by atoms with Gasteiger partial charge in [0.2, 0.25) is 0 Å². The van der Waals surface area contributed by atoms with Gasteiger partial charge in [0, 0.05) is 25.3 Å². The highest BCUT2D eigenvalue weighted by atomic mass is 32.1. The van der Waals surface area contributed by atoms with Crippen molar-refractivity contribution in [3.63, 3.8) is 0 Å². The lowest BCUT2D eigenvalue weighted by Gasteiger charge is -2.27. The standard InChI is InChI=1S/C22H26N2O2S/c1-2-14-24(16-20-9-6-15-26-20)22(27)23-21(25)19-12-10-18(11-13-19)17-7-4-3-5-8-17/h3-5,7-8,10-13,20H,2,6,9,14-16H2,1H3,(H,23,25,27). The summed E-state index contributed by atoms with van der Waals surface area (Å²) in [7, 11) is 0. The van der Waals surface area contributed by atoms with E-state index in [1.165, 1.54) is 0 Å². The molecule has 1 aliphatic heterocycles. The maximum atomic E-state index is 12.6. The molecule has 3 rings (SSSR count). The van der Waals surface area contributed by atoms with Gasteiger partial charge in [0.25, 0.3) is 5.91 Å². The summed E-state index contributed by atoms with van der Waals surface area (Å²) in [6, 6.07) is 17.7. The zero-order chi connectivity index (χ0) is 19.1. The summed E-state index contributed by atoms with van der Waals surface area (Å²) in [6.45, 7) is 4.47. The molecule has 2 aromatic carbocycles. The first-order chi connectivity index (χ1) is 13.2. The highest BCUT2D eigenvalue weighted by Crippen LogP contribution is 2.19. The number of hydrogen-bond acceptors (Lipinski definition) is 3. The Labute approximate surface area is 166 Å². The number of ether oxygens (including phenoxy) is 1. The van der Waals surface area contributed by atoms with E-state index < -0.39 is 0 Å². The van der Waals surface area contributed by atoms with Crippen molar-refractivity contribution in [1.29, 1.82) is 0 Å². The van der Waals surface area contributed by atoms with Crippen LogP contribution in [0, 0.1) is 0 Å². The van der Waals surface area contributed by atoms with E-state index >= 15 is 0 Å². The number of thiocarbonyl (C=S) groups is 1. The molecule has 142 valence electrons. The van der Waals surface area contributed by atoms with Crippen LogP contribution >= 0.6 is 12.2 Å². The van der Waals surface area contributed by atoms with Crippen LogP contribution < -0.4 is 5.32 Å². The lowest BCUT2D eigenvalue weighted by Crippen LogP contribution is -2.46. The summed E-state index contributed by atoms with van der Waals surface area (Å²) in [5.74, 6) is -0.173. The molecule has 1 unspecified atom stereocenters. The maximum absolute atomic E-state index is 12.6. The van der Waals surface area contributed by atoms with Gasteiger partial charge in [0.1, 0.15) is 0 Å². The summed E-state index contributed by atoms with van der Waals surface area (Å²) >= 11 is 5.49. The van der Waals surface area contributed by atoms with E-state index in [1.54, 1.807) is 0 Å². The summed E-state index contributed by atoms with van der Waals surface area (Å²) in [5.41, 5.74) is 2.82. The van der Waals surface area contributed by atoms with Crippen molar-refractivity contribution in [1.82, 2.24) is 10.2 Å². The van der Waals surface area contributed by atoms with Gasteiger partial charge in [-0.1, -0.05) is 49.4 Å². The number of nitrogens with one attached hydrogen (secondary N) is 1. The predicted molar refractivity (Wildman–Crippen MR) is 113 cm³/mol. The lowest BCUT2D eigenvalue weighted by molar-refractivity contribution is 0.0887. The third-order valence-electron chi connectivity index (χ3n) is 4.70. The number of carbonyl (C=O) groups excluding carboxylic acids is 1. The smallest absolute Gasteiger partial charge is 0.257 e. The van der Waals surface area contributed by atoms with Crippen LogP contribution in [0.25, 0.3) is 11.1 Å². The van der Waals surface area contributed by atoms with Crippen LogP contribution in [0.15, 0.2) is 54.6 Å². The van der Waals surface area contributed by atoms with Crippen molar-refractivity contribution in [2.24, 2.45) is 0 Å². The van der Waals surface area contributed by atoms with Crippen molar-refractivity contribution in [2.45, 2.75) is 32.3 Å². The number of amides is 1. The topological polar surface area (TPSA) is 41.6 Å². The van der Waals surface area contributed by atoms with Gasteiger partial charge in [-0.15, -0.1) is 0 Å². The van der Waals surface area contributed by atoms with E-state index in [2.05, 4.69) is 24.4 Å². The number of benzene rings is 2. The molecule has 1 atom stereocenters. The van der Waals surface area contributed by atoms with E-state index in [4.69, 9.17) is 17.0 Å². The summed E-state index contributed by atoms with van der Waals surface area (Å²) in [6.07, 6.45) is 3.32. The van der Waals surface area contributed by atoms with E-state index in [0.717, 1.165) is 50.1 Å². The van der Waals surface area contributed by atoms with E-state index in [0.29, 0.717) is 10.7 Å². The fourth-order valence-electron chi connectivity index (χ4n) is 3.27. The van der Waals surface area contributed by atoms with Crippen molar-refractivity contribution in [2.75, 3.05) is 19.7 Å². The number of carbonyl (C=O) groups is 1. The van der Waals surface area contributed by atoms with Gasteiger partial charge in [-0.2, -0.15) is 0 Å². The highest BCUT2D eigenvalue weighted by molar-refractivity contribution is 7.80. The Morgan fingerprint density at radius 1 is 1.15 bits per heavy atom. The summed E-state index contributed by atoms with van der Waals surface area (Å²) in [5, 5.41) is 3.35. The molecule has 1 heterocycles. The molecule has 0 radical (unpaired) electrons. The van der Waals surface area contributed by atoms with Crippen LogP contribution in [0.3, 0.4) is 0 Å². The second-order valence-corrected chi connectivity index (χ2v) is 7.17. The minimum atomic E-state index is -0.173. The van der Waals surface area contributed by atoms with Crippen LogP contribution in [0.4, 0.5) is 0 Å². The van der Waals surface area contributed by atoms with Gasteiger partial charge in [-0.3, -0.25) is 10.1 Å². The van der Waals surface area contributed by atoms with Crippen molar-refractivity contribution >= 4 is 23.2 Å². The van der Waals surface area contributed by atoms with Crippen LogP contribution in [0.1, 0.15) is 36.5 Å². The van der Waals surface area contributed by atoms with Gasteiger partial charge in [-0.25, -0.2) is 0 Å². The van der Waals surface area contributed by atoms with Gasteiger partial charge in [0.05, 0.1) is 6.10 Å². The Morgan fingerprint density at radius 2 is 1.85 bits per heavy atom. The average molecular weight is 383 g/mol. The molecule has 1 fully saturated rings. The molecular weight excluding hydrogens is 356 g/mol. The van der Waals surface area contributed by atoms with Crippen molar-refractivity contribution in [3.05, 3.63) is 60.2 Å². The van der Waals surface area contributed by atoms with Crippen LogP contribution in [0.2, 0.25) is 0 Å². The molecule has 0 saturated carbocycles. The number of rotatable bonds is 6. The fraction of sp³-hybridized carbons (Fsp3) is 0.364. The quantitative estimate of drug-likeness (QED) is 0.758. The Bertz CT molecular complexity index is 756. The first-order valence-corrected chi connectivity index (χ1v) is 9.95. The zero-order valence-electron chi connectivity index (χ0n) is 15.7. The normalized spacial score (nSPS) is 16.1. The largest absolute Gasteiger partial charge is 0.376 e. The first kappa shape index (κ1) is 19.5. The van der Waals surface area contributed by atoms with Crippen molar-refractivity contribution < 1.29 is 9.53 Å². The molecule has 5 heteroatoms. The third-order valence-corrected chi connectivity index (χ3v) is 5.06. The summed E-state index contributed by atoms with van der Waals surface area (Å²) in [4.78, 5) is 14.6. The molecule has 2 aromatic rings. The fourth-order valence-corrected chi connectivity index (χ4v) is 3.53. The molecule has 1 amide bonds. The average Bonchev–Trinajstić information content (AvgIpc) is 3.21. The zero-order valence-corrected chi connectivity index (χ0v) is 16.5. The molecule has 0 bridgehead atoms. The molecule has 4 nitrogen and oxygen atoms in total. The summed E-state index contributed by atoms with van der Waals surface area (Å²) < 4.78 is 5.71. The first-order valence-electron chi connectivity index (χ1n) is 9.54. The second-order valence-electron chi connectivity index (χ2n) is 6.78. The van der Waals surface area contributed by atoms with Gasteiger partial charge >= 0.3 is 0 Å². The van der Waals surface area contributed by atoms with E-state index in [9.17, 15) is 4.79 Å². The van der Waals surface area contributed by atoms with Crippen LogP contribution in [0.5, 0.6) is 0 Å². The van der Waals surface area contributed by atoms with Gasteiger partial charge in [0.15, 0.2) is 5.11 Å². The number of hydrogen-bond donors (Lipinski definition) is 1. The Hall–Kier alpha value is -2.24. The molecule has 0 aliphatic carbocycles. The molecule has 0 aromatic heterocycles. The third kappa shape index (κ3) is 5.37. The van der Waals surface area contributed by atoms with Gasteiger partial charge in [-0.05, 0) is 54.7 Å². The predicted octanol–water partition coefficient (Wildman–Crippen LogP) is 4.26. The SMILES string of the molecule is CCCN(CC1CCCO1)C(=S)NC(=O)c1ccc(-c2ccccc2)cc1. The van der Waals surface area contributed by atoms with Gasteiger partial charge < -0.3 is 9.64 Å². The minimum absolute atomic E-state index is 0.173. The maximum Gasteiger partial charge on any atom is 0.257 e. The molecule has 1 saturated heterocycles. The van der Waals surface area contributed by atoms with Crippen LogP contribution in [-0.4, -0.2) is 41.7 Å². The minimum Gasteiger partial charge on any atom is -0.376 e. The second kappa shape index (κ2) is 9.62. The Balaban J connectivity index is 1.61. The molecule has 1 N–H and O–H groups in total. The van der Waals surface area contributed by atoms with Crippen LogP contribution in [-0.2, 0) is 4.74 Å². The highest BCUT2D eigenvalue weighted by Gasteiger charge is 2.21. The molecular formula is C22H26N2O2S. The molecule has 27 heavy (non-hydrogen) atoms. The van der Waals surface area contributed by atoms with E-state index in [1.807, 2.05) is 47.4 Å². The molecule has 1 aliphatic rings. The Morgan fingerprint density at radius 3 is 2.48 bits per heavy atom.